The summed E-state index contributed by atoms with van der Waals surface area (Å²) >= 11 is 0. The first-order chi connectivity index (χ1) is 33.0. The molecule has 5 atom stereocenters. The van der Waals surface area contributed by atoms with Gasteiger partial charge in [-0.15, -0.1) is 0 Å². The van der Waals surface area contributed by atoms with Crippen molar-refractivity contribution in [3.05, 3.63) is 88.5 Å². The van der Waals surface area contributed by atoms with Gasteiger partial charge in [0.1, 0.15) is 37.6 Å². The number of nitrogens with two attached hydrogens (primary N) is 1. The molecule has 1 fully saturated rings. The molecule has 388 valence electrons. The maximum absolute atomic E-state index is 13.2. The summed E-state index contributed by atoms with van der Waals surface area (Å²) in [6, 6.07) is 19.5. The van der Waals surface area contributed by atoms with Gasteiger partial charge in [-0.1, -0.05) is 60.7 Å². The molecule has 21 nitrogen and oxygen atoms in total. The maximum atomic E-state index is 13.2. The SMILES string of the molecule is COP(O[C@H]1[C@@H](OC(OCCOC(C)=O)OCCOC(C)=O)[C@H](n2cnc3c(=O)[nH]c(N)nc32)O[C@@H]1CO[Si](OC(c1ccccc1)c1ccccc1)(O[Si](C)(C)C)O[Si](C)(C)C)N(C(C)C)C(C)C. The molecule has 3 heterocycles. The van der Waals surface area contributed by atoms with Gasteiger partial charge in [-0.3, -0.25) is 23.9 Å². The first-order valence-corrected chi connectivity index (χ1v) is 32.7. The Hall–Kier alpha value is -3.83. The van der Waals surface area contributed by atoms with Crippen LogP contribution in [0.1, 0.15) is 65.0 Å². The summed E-state index contributed by atoms with van der Waals surface area (Å²) in [5.41, 5.74) is 7.29. The molecule has 2 aromatic heterocycles. The van der Waals surface area contributed by atoms with Crippen molar-refractivity contribution >= 4 is 63.3 Å². The molecule has 1 aliphatic heterocycles. The van der Waals surface area contributed by atoms with E-state index in [2.05, 4.69) is 19.6 Å². The van der Waals surface area contributed by atoms with Crippen LogP contribution in [0.15, 0.2) is 71.8 Å². The molecule has 1 unspecified atom stereocenters. The first-order valence-electron chi connectivity index (χ1n) is 23.1. The number of rotatable bonds is 28. The number of H-pyrrole nitrogens is 1. The zero-order chi connectivity index (χ0) is 51.4. The molecule has 0 radical (unpaired) electrons. The minimum Gasteiger partial charge on any atom is -0.463 e. The average molecular weight is 1050 g/mol. The fraction of sp³-hybridized carbons (Fsp3) is 0.578. The summed E-state index contributed by atoms with van der Waals surface area (Å²) in [5.74, 6) is -1.20. The van der Waals surface area contributed by atoms with Gasteiger partial charge in [0, 0.05) is 33.0 Å². The normalized spacial score (nSPS) is 18.5. The maximum Gasteiger partial charge on any atom is 0.659 e. The number of hydrogen-bond donors (Lipinski definition) is 2. The van der Waals surface area contributed by atoms with E-state index in [-0.39, 0.29) is 62.2 Å². The molecule has 0 amide bonds. The Morgan fingerprint density at radius 2 is 1.36 bits per heavy atom. The lowest BCUT2D eigenvalue weighted by Crippen LogP contribution is -2.60. The van der Waals surface area contributed by atoms with Gasteiger partial charge in [-0.05, 0) is 78.1 Å². The molecule has 2 aromatic carbocycles. The van der Waals surface area contributed by atoms with Crippen LogP contribution in [0.5, 0.6) is 0 Å². The van der Waals surface area contributed by atoms with Crippen LogP contribution in [-0.2, 0) is 64.1 Å². The molecular formula is C45H71N6O15PSi3. The number of nitrogens with one attached hydrogen (secondary N) is 1. The molecule has 0 spiro atoms. The predicted molar refractivity (Wildman–Crippen MR) is 268 cm³/mol. The highest BCUT2D eigenvalue weighted by Crippen LogP contribution is 2.50. The highest BCUT2D eigenvalue weighted by molar-refractivity contribution is 7.44. The van der Waals surface area contributed by atoms with E-state index in [0.717, 1.165) is 11.1 Å². The van der Waals surface area contributed by atoms with E-state index in [1.807, 2.05) is 128 Å². The number of imidazole rings is 1. The number of carbonyl (C=O) groups is 2. The van der Waals surface area contributed by atoms with Gasteiger partial charge < -0.3 is 60.3 Å². The van der Waals surface area contributed by atoms with Crippen LogP contribution in [-0.4, -0.2) is 139 Å². The number of aromatic amines is 1. The third-order valence-electron chi connectivity index (χ3n) is 9.93. The molecule has 1 saturated heterocycles. The number of anilines is 1. The van der Waals surface area contributed by atoms with Gasteiger partial charge in [0.05, 0.1) is 26.1 Å². The van der Waals surface area contributed by atoms with Crippen LogP contribution in [0, 0.1) is 0 Å². The first kappa shape index (κ1) is 57.1. The van der Waals surface area contributed by atoms with Crippen molar-refractivity contribution in [2.24, 2.45) is 0 Å². The number of carbonyl (C=O) groups excluding carboxylic acids is 2. The van der Waals surface area contributed by atoms with Crippen molar-refractivity contribution in [1.82, 2.24) is 24.2 Å². The second-order valence-corrected chi connectivity index (χ2v) is 31.9. The molecule has 3 N–H and O–H groups in total. The Balaban J connectivity index is 1.69. The molecule has 1 aliphatic rings. The van der Waals surface area contributed by atoms with Crippen molar-refractivity contribution in [3.63, 3.8) is 0 Å². The molecule has 0 aliphatic carbocycles. The van der Waals surface area contributed by atoms with Crippen LogP contribution in [0.25, 0.3) is 11.2 Å². The summed E-state index contributed by atoms with van der Waals surface area (Å²) in [6.07, 6.45) is -3.85. The number of hydrogen-bond acceptors (Lipinski definition) is 19. The quantitative estimate of drug-likeness (QED) is 0.0196. The molecule has 70 heavy (non-hydrogen) atoms. The highest BCUT2D eigenvalue weighted by atomic mass is 31.2. The number of nitrogens with zero attached hydrogens (tertiary/aromatic N) is 4. The van der Waals surface area contributed by atoms with Gasteiger partial charge in [-0.2, -0.15) is 4.98 Å². The van der Waals surface area contributed by atoms with Gasteiger partial charge in [0.15, 0.2) is 34.0 Å². The summed E-state index contributed by atoms with van der Waals surface area (Å²) in [5, 5.41) is 0. The molecule has 25 heteroatoms. The van der Waals surface area contributed by atoms with Crippen LogP contribution in [0.4, 0.5) is 5.95 Å². The van der Waals surface area contributed by atoms with E-state index in [4.69, 9.17) is 60.3 Å². The summed E-state index contributed by atoms with van der Waals surface area (Å²) < 4.78 is 81.7. The molecule has 0 bridgehead atoms. The lowest BCUT2D eigenvalue weighted by Gasteiger charge is -2.41. The monoisotopic (exact) mass is 1050 g/mol. The van der Waals surface area contributed by atoms with Gasteiger partial charge in [-0.25, -0.2) is 9.65 Å². The topological polar surface area (TPSA) is 238 Å². The van der Waals surface area contributed by atoms with Gasteiger partial charge in [0.25, 0.3) is 20.6 Å². The van der Waals surface area contributed by atoms with Gasteiger partial charge in [0.2, 0.25) is 5.95 Å². The lowest BCUT2D eigenvalue weighted by atomic mass is 10.0. The number of nitrogen functional groups attached to an aromatic ring is 1. The Morgan fingerprint density at radius 1 is 0.829 bits per heavy atom. The van der Waals surface area contributed by atoms with Crippen LogP contribution in [0.3, 0.4) is 0 Å². The van der Waals surface area contributed by atoms with E-state index >= 15 is 0 Å². The number of aromatic nitrogens is 4. The average Bonchev–Trinajstić information content (AvgIpc) is 3.84. The van der Waals surface area contributed by atoms with E-state index in [1.165, 1.54) is 24.7 Å². The van der Waals surface area contributed by atoms with E-state index in [9.17, 15) is 14.4 Å². The second kappa shape index (κ2) is 25.7. The van der Waals surface area contributed by atoms with Crippen LogP contribution in [0.2, 0.25) is 39.3 Å². The molecule has 5 rings (SSSR count). The largest absolute Gasteiger partial charge is 0.659 e. The van der Waals surface area contributed by atoms with Crippen molar-refractivity contribution in [3.8, 4) is 0 Å². The molecular weight excluding hydrogens is 980 g/mol. The fourth-order valence-electron chi connectivity index (χ4n) is 7.48. The van der Waals surface area contributed by atoms with E-state index in [1.54, 1.807) is 7.11 Å². The van der Waals surface area contributed by atoms with Crippen molar-refractivity contribution in [1.29, 1.82) is 0 Å². The third kappa shape index (κ3) is 16.6. The van der Waals surface area contributed by atoms with Crippen molar-refractivity contribution in [2.45, 2.75) is 130 Å². The molecule has 4 aromatic rings. The zero-order valence-electron chi connectivity index (χ0n) is 42.4. The van der Waals surface area contributed by atoms with Gasteiger partial charge >= 0.3 is 21.0 Å². The number of ether oxygens (including phenoxy) is 6. The lowest BCUT2D eigenvalue weighted by molar-refractivity contribution is -0.320. The standard InChI is InChI=1S/C45H71N6O15PSi3/c1-30(2)51(31(3)4)67(55-7)63-39-36(28-60-70(65-68(8,9)10,66-69(11,12)13)64-38(34-20-16-14-17-21-34)35-22-18-15-19-23-35)61-43(50-29-47-37-41(50)48-44(46)49-42(37)54)40(39)62-45(58-26-24-56-32(5)52)59-27-25-57-33(6)53/h14-23,29-31,36,38-40,43,45H,24-28H2,1-13H3,(H3,46,48,49,54)/t36-,39-,40-,43-,67?/m1/s1. The summed E-state index contributed by atoms with van der Waals surface area (Å²) in [6.45, 7) is 20.6. The van der Waals surface area contributed by atoms with Crippen LogP contribution < -0.4 is 11.3 Å². The fourth-order valence-corrected chi connectivity index (χ4v) is 17.5. The van der Waals surface area contributed by atoms with Crippen LogP contribution >= 0.6 is 8.53 Å². The summed E-state index contributed by atoms with van der Waals surface area (Å²) in [4.78, 5) is 47.9. The minimum absolute atomic E-state index is 0.0229. The van der Waals surface area contributed by atoms with Crippen molar-refractivity contribution < 1.29 is 64.1 Å². The smallest absolute Gasteiger partial charge is 0.463 e. The van der Waals surface area contributed by atoms with E-state index in [0.29, 0.717) is 0 Å². The molecule has 0 saturated carbocycles. The Kier molecular flexibility index (Phi) is 21.0. The third-order valence-corrected chi connectivity index (χ3v) is 19.9. The number of esters is 2. The Morgan fingerprint density at radius 3 is 1.83 bits per heavy atom. The Labute approximate surface area is 414 Å². The second-order valence-electron chi connectivity index (χ2n) is 18.8. The number of benzene rings is 2. The summed E-state index contributed by atoms with van der Waals surface area (Å²) in [7, 11) is -9.75. The number of fused-ring (bicyclic) bond motifs is 1. The van der Waals surface area contributed by atoms with E-state index < -0.39 is 88.8 Å². The van der Waals surface area contributed by atoms with Crippen molar-refractivity contribution in [2.75, 3.05) is 45.9 Å². The highest BCUT2D eigenvalue weighted by Gasteiger charge is 2.57. The minimum atomic E-state index is -4.28. The predicted octanol–water partition coefficient (Wildman–Crippen LogP) is 6.77. The zero-order valence-corrected chi connectivity index (χ0v) is 46.3. The Bertz CT molecular complexity index is 2240.